The van der Waals surface area contributed by atoms with Crippen molar-refractivity contribution in [3.05, 3.63) is 0 Å². The quantitative estimate of drug-likeness (QED) is 0.444. The van der Waals surface area contributed by atoms with Crippen molar-refractivity contribution in [2.75, 3.05) is 13.2 Å². The normalized spacial score (nSPS) is 16.0. The zero-order valence-electron chi connectivity index (χ0n) is 8.48. The van der Waals surface area contributed by atoms with Crippen LogP contribution in [0.2, 0.25) is 0 Å². The number of hydrogen-bond donors (Lipinski definition) is 0. The van der Waals surface area contributed by atoms with Crippen molar-refractivity contribution in [2.45, 2.75) is 45.4 Å². The zero-order chi connectivity index (χ0) is 9.40. The van der Waals surface area contributed by atoms with E-state index in [2.05, 4.69) is 13.8 Å². The van der Waals surface area contributed by atoms with Crippen molar-refractivity contribution in [1.82, 2.24) is 0 Å². The lowest BCUT2D eigenvalue weighted by molar-refractivity contribution is 0.139. The molecule has 0 N–H and O–H groups in total. The molecule has 0 aromatic carbocycles. The zero-order valence-corrected chi connectivity index (χ0v) is 9.23. The first-order valence-corrected chi connectivity index (χ1v) is 5.37. The van der Waals surface area contributed by atoms with Crippen LogP contribution in [0.15, 0.2) is 0 Å². The minimum Gasteiger partial charge on any atom is -0.382 e. The molecule has 0 aliphatic heterocycles. The first-order chi connectivity index (χ1) is 5.72. The van der Waals surface area contributed by atoms with Crippen LogP contribution in [0.3, 0.4) is 0 Å². The summed E-state index contributed by atoms with van der Waals surface area (Å²) in [4.78, 5) is 0. The van der Waals surface area contributed by atoms with Gasteiger partial charge in [0, 0.05) is 18.6 Å². The molecule has 0 fully saturated rings. The highest BCUT2D eigenvalue weighted by Crippen LogP contribution is 2.19. The second kappa shape index (κ2) is 7.88. The summed E-state index contributed by atoms with van der Waals surface area (Å²) in [5.74, 6) is 0.659. The third-order valence-electron chi connectivity index (χ3n) is 2.24. The predicted octanol–water partition coefficient (Wildman–Crippen LogP) is 3.46. The van der Waals surface area contributed by atoms with Crippen LogP contribution in [0.1, 0.15) is 40.0 Å². The van der Waals surface area contributed by atoms with Crippen molar-refractivity contribution >= 4 is 11.6 Å². The highest BCUT2D eigenvalue weighted by Gasteiger charge is 2.11. The van der Waals surface area contributed by atoms with Gasteiger partial charge in [-0.15, -0.1) is 11.6 Å². The molecular weight excluding hydrogens is 172 g/mol. The van der Waals surface area contributed by atoms with E-state index in [1.807, 2.05) is 6.92 Å². The molecule has 0 aliphatic rings. The number of hydrogen-bond acceptors (Lipinski definition) is 1. The molecule has 0 heterocycles. The summed E-state index contributed by atoms with van der Waals surface area (Å²) in [6, 6.07) is 0. The van der Waals surface area contributed by atoms with Gasteiger partial charge >= 0.3 is 0 Å². The lowest BCUT2D eigenvalue weighted by atomic mass is 9.97. The van der Waals surface area contributed by atoms with Gasteiger partial charge in [0.1, 0.15) is 0 Å². The van der Waals surface area contributed by atoms with Gasteiger partial charge in [-0.05, 0) is 32.6 Å². The van der Waals surface area contributed by atoms with Gasteiger partial charge in [-0.3, -0.25) is 0 Å². The molecule has 12 heavy (non-hydrogen) atoms. The molecule has 0 amide bonds. The Morgan fingerprint density at radius 2 is 2.00 bits per heavy atom. The topological polar surface area (TPSA) is 9.23 Å². The van der Waals surface area contributed by atoms with E-state index >= 15 is 0 Å². The fourth-order valence-electron chi connectivity index (χ4n) is 1.35. The van der Waals surface area contributed by atoms with Gasteiger partial charge in [0.15, 0.2) is 0 Å². The van der Waals surface area contributed by atoms with Gasteiger partial charge in [-0.25, -0.2) is 0 Å². The van der Waals surface area contributed by atoms with E-state index in [0.29, 0.717) is 11.3 Å². The molecule has 0 saturated carbocycles. The van der Waals surface area contributed by atoms with Crippen molar-refractivity contribution in [1.29, 1.82) is 0 Å². The maximum atomic E-state index is 6.02. The number of ether oxygens (including phenoxy) is 1. The summed E-state index contributed by atoms with van der Waals surface area (Å²) in [5.41, 5.74) is 0. The van der Waals surface area contributed by atoms with E-state index < -0.39 is 0 Å². The molecule has 0 rings (SSSR count). The molecule has 0 aromatic rings. The standard InChI is InChI=1S/C10H21ClO/c1-4-10(9(3)11)7-6-8-12-5-2/h9-10H,4-8H2,1-3H3. The smallest absolute Gasteiger partial charge is 0.0466 e. The number of halogens is 1. The van der Waals surface area contributed by atoms with Crippen LogP contribution in [-0.2, 0) is 4.74 Å². The predicted molar refractivity (Wildman–Crippen MR) is 54.8 cm³/mol. The average molecular weight is 193 g/mol. The summed E-state index contributed by atoms with van der Waals surface area (Å²) in [7, 11) is 0. The fraction of sp³-hybridized carbons (Fsp3) is 1.00. The summed E-state index contributed by atoms with van der Waals surface area (Å²) in [6.07, 6.45) is 3.52. The molecule has 2 atom stereocenters. The third kappa shape index (κ3) is 5.84. The van der Waals surface area contributed by atoms with Crippen molar-refractivity contribution in [3.63, 3.8) is 0 Å². The van der Waals surface area contributed by atoms with Crippen LogP contribution in [0.5, 0.6) is 0 Å². The Morgan fingerprint density at radius 3 is 2.42 bits per heavy atom. The summed E-state index contributed by atoms with van der Waals surface area (Å²) < 4.78 is 5.27. The Bertz CT molecular complexity index is 93.8. The Hall–Kier alpha value is 0.250. The Kier molecular flexibility index (Phi) is 8.04. The lowest BCUT2D eigenvalue weighted by Crippen LogP contribution is -2.11. The Morgan fingerprint density at radius 1 is 1.33 bits per heavy atom. The van der Waals surface area contributed by atoms with E-state index in [4.69, 9.17) is 16.3 Å². The molecule has 74 valence electrons. The maximum Gasteiger partial charge on any atom is 0.0466 e. The van der Waals surface area contributed by atoms with Crippen molar-refractivity contribution in [3.8, 4) is 0 Å². The van der Waals surface area contributed by atoms with Gasteiger partial charge in [-0.2, -0.15) is 0 Å². The molecule has 1 nitrogen and oxygen atoms in total. The highest BCUT2D eigenvalue weighted by molar-refractivity contribution is 6.20. The number of rotatable bonds is 7. The van der Waals surface area contributed by atoms with E-state index in [1.165, 1.54) is 12.8 Å². The van der Waals surface area contributed by atoms with Gasteiger partial charge in [0.2, 0.25) is 0 Å². The Labute approximate surface area is 81.4 Å². The minimum atomic E-state index is 0.302. The minimum absolute atomic E-state index is 0.302. The second-order valence-electron chi connectivity index (χ2n) is 3.19. The maximum absolute atomic E-state index is 6.02. The summed E-state index contributed by atoms with van der Waals surface area (Å²) in [6.45, 7) is 8.02. The first kappa shape index (κ1) is 12.2. The summed E-state index contributed by atoms with van der Waals surface area (Å²) in [5, 5.41) is 0.302. The molecule has 0 bridgehead atoms. The second-order valence-corrected chi connectivity index (χ2v) is 3.87. The van der Waals surface area contributed by atoms with E-state index in [0.717, 1.165) is 19.6 Å². The average Bonchev–Trinajstić information content (AvgIpc) is 2.04. The van der Waals surface area contributed by atoms with Crippen molar-refractivity contribution in [2.24, 2.45) is 5.92 Å². The molecule has 0 spiro atoms. The fourth-order valence-corrected chi connectivity index (χ4v) is 1.65. The molecular formula is C10H21ClO. The molecule has 0 saturated heterocycles. The van der Waals surface area contributed by atoms with Crippen LogP contribution >= 0.6 is 11.6 Å². The monoisotopic (exact) mass is 192 g/mol. The van der Waals surface area contributed by atoms with Gasteiger partial charge in [0.25, 0.3) is 0 Å². The van der Waals surface area contributed by atoms with Crippen LogP contribution in [0.25, 0.3) is 0 Å². The van der Waals surface area contributed by atoms with Crippen LogP contribution in [0, 0.1) is 5.92 Å². The highest BCUT2D eigenvalue weighted by atomic mass is 35.5. The molecule has 2 unspecified atom stereocenters. The van der Waals surface area contributed by atoms with Crippen LogP contribution in [0.4, 0.5) is 0 Å². The van der Waals surface area contributed by atoms with E-state index in [1.54, 1.807) is 0 Å². The molecule has 0 radical (unpaired) electrons. The van der Waals surface area contributed by atoms with Crippen LogP contribution < -0.4 is 0 Å². The van der Waals surface area contributed by atoms with Gasteiger partial charge in [0.05, 0.1) is 0 Å². The largest absolute Gasteiger partial charge is 0.382 e. The lowest BCUT2D eigenvalue weighted by Gasteiger charge is -2.16. The van der Waals surface area contributed by atoms with Gasteiger partial charge < -0.3 is 4.74 Å². The molecule has 2 heteroatoms. The first-order valence-electron chi connectivity index (χ1n) is 4.94. The molecule has 0 aliphatic carbocycles. The molecule has 0 aromatic heterocycles. The SMILES string of the molecule is CCOCCCC(CC)C(C)Cl. The van der Waals surface area contributed by atoms with E-state index in [9.17, 15) is 0 Å². The van der Waals surface area contributed by atoms with Crippen molar-refractivity contribution < 1.29 is 4.74 Å². The summed E-state index contributed by atoms with van der Waals surface area (Å²) >= 11 is 6.02. The number of alkyl halides is 1. The Balaban J connectivity index is 3.32. The van der Waals surface area contributed by atoms with E-state index in [-0.39, 0.29) is 0 Å². The van der Waals surface area contributed by atoms with Crippen LogP contribution in [-0.4, -0.2) is 18.6 Å². The van der Waals surface area contributed by atoms with Gasteiger partial charge in [-0.1, -0.05) is 13.3 Å². The third-order valence-corrected chi connectivity index (χ3v) is 2.60.